The van der Waals surface area contributed by atoms with Crippen LogP contribution in [0.5, 0.6) is 0 Å². The maximum atomic E-state index is 11.2. The average Bonchev–Trinajstić information content (AvgIpc) is 2.27. The van der Waals surface area contributed by atoms with Crippen LogP contribution in [0.15, 0.2) is 0 Å². The van der Waals surface area contributed by atoms with Crippen LogP contribution in [-0.4, -0.2) is 19.2 Å². The van der Waals surface area contributed by atoms with Gasteiger partial charge in [-0.2, -0.15) is 0 Å². The molecule has 98 valence electrons. The fraction of sp³-hybridized carbons (Fsp3) is 0.929. The zero-order valence-corrected chi connectivity index (χ0v) is 11.8. The van der Waals surface area contributed by atoms with Gasteiger partial charge in [-0.1, -0.05) is 65.7 Å². The molecular weight excluding hydrogens is 209 g/mol. The molecule has 1 atom stereocenters. The van der Waals surface area contributed by atoms with Crippen LogP contribution in [0.2, 0.25) is 0 Å². The Bertz CT molecular complexity index is 204. The van der Waals surface area contributed by atoms with E-state index in [-0.39, 0.29) is 5.91 Å². The van der Waals surface area contributed by atoms with Crippen molar-refractivity contribution in [2.45, 2.75) is 84.0 Å². The third kappa shape index (κ3) is 10.4. The Hall–Kier alpha value is -0.465. The molecule has 0 aromatic rings. The highest BCUT2D eigenvalue weighted by Crippen LogP contribution is 2.13. The van der Waals surface area contributed by atoms with Gasteiger partial charge in [0.1, 0.15) is 7.85 Å². The zero-order chi connectivity index (χ0) is 13.1. The number of hydrogen-bond acceptors (Lipinski definition) is 1. The van der Waals surface area contributed by atoms with Gasteiger partial charge in [0.2, 0.25) is 5.91 Å². The van der Waals surface area contributed by atoms with Gasteiger partial charge in [-0.3, -0.25) is 4.79 Å². The van der Waals surface area contributed by atoms with E-state index in [0.29, 0.717) is 6.42 Å². The lowest BCUT2D eigenvalue weighted by atomic mass is 9.75. The van der Waals surface area contributed by atoms with E-state index < -0.39 is 5.44 Å². The Morgan fingerprint density at radius 1 is 1.06 bits per heavy atom. The number of carbonyl (C=O) groups is 1. The van der Waals surface area contributed by atoms with Gasteiger partial charge in [0.15, 0.2) is 0 Å². The predicted molar refractivity (Wildman–Crippen MR) is 75.2 cm³/mol. The van der Waals surface area contributed by atoms with Crippen LogP contribution < -0.4 is 5.32 Å². The summed E-state index contributed by atoms with van der Waals surface area (Å²) < 4.78 is 0. The van der Waals surface area contributed by atoms with E-state index in [1.165, 1.54) is 38.5 Å². The largest absolute Gasteiger partial charge is 0.359 e. The third-order valence-electron chi connectivity index (χ3n) is 3.05. The van der Waals surface area contributed by atoms with Crippen LogP contribution in [0.4, 0.5) is 0 Å². The van der Waals surface area contributed by atoms with Gasteiger partial charge in [0, 0.05) is 6.42 Å². The molecule has 0 aliphatic rings. The molecule has 0 heterocycles. The highest BCUT2D eigenvalue weighted by atomic mass is 16.1. The normalized spacial score (nSPS) is 14.3. The van der Waals surface area contributed by atoms with Crippen LogP contribution in [0.3, 0.4) is 0 Å². The molecule has 0 saturated heterocycles. The van der Waals surface area contributed by atoms with Crippen molar-refractivity contribution in [3.05, 3.63) is 0 Å². The van der Waals surface area contributed by atoms with Crippen molar-refractivity contribution in [1.29, 1.82) is 0 Å². The van der Waals surface area contributed by atoms with Crippen molar-refractivity contribution < 1.29 is 4.79 Å². The van der Waals surface area contributed by atoms with Gasteiger partial charge in [-0.15, -0.1) is 0 Å². The van der Waals surface area contributed by atoms with E-state index in [2.05, 4.69) is 12.2 Å². The fourth-order valence-corrected chi connectivity index (χ4v) is 1.92. The summed E-state index contributed by atoms with van der Waals surface area (Å²) in [6.45, 7) is 5.98. The summed E-state index contributed by atoms with van der Waals surface area (Å²) in [5.41, 5.74) is -0.531. The SMILES string of the molecule is [B]C(C)(CCCCCCCCC)NC(=O)CC. The first kappa shape index (κ1) is 16.5. The molecule has 0 aromatic heterocycles. The summed E-state index contributed by atoms with van der Waals surface area (Å²) >= 11 is 0. The quantitative estimate of drug-likeness (QED) is 0.457. The van der Waals surface area contributed by atoms with Crippen LogP contribution in [0.25, 0.3) is 0 Å². The minimum Gasteiger partial charge on any atom is -0.359 e. The third-order valence-corrected chi connectivity index (χ3v) is 3.05. The molecule has 0 aliphatic heterocycles. The number of hydrogen-bond donors (Lipinski definition) is 1. The minimum absolute atomic E-state index is 0.0398. The molecule has 1 amide bonds. The van der Waals surface area contributed by atoms with Crippen molar-refractivity contribution in [3.63, 3.8) is 0 Å². The van der Waals surface area contributed by atoms with Crippen molar-refractivity contribution >= 4 is 13.8 Å². The zero-order valence-electron chi connectivity index (χ0n) is 11.8. The van der Waals surface area contributed by atoms with E-state index >= 15 is 0 Å². The molecule has 0 fully saturated rings. The molecule has 1 N–H and O–H groups in total. The monoisotopic (exact) mass is 237 g/mol. The summed E-state index contributed by atoms with van der Waals surface area (Å²) in [7, 11) is 6.02. The highest BCUT2D eigenvalue weighted by molar-refractivity contribution is 6.16. The van der Waals surface area contributed by atoms with Crippen molar-refractivity contribution in [3.8, 4) is 0 Å². The Labute approximate surface area is 108 Å². The van der Waals surface area contributed by atoms with Crippen molar-refractivity contribution in [1.82, 2.24) is 5.32 Å². The Kier molecular flexibility index (Phi) is 9.29. The average molecular weight is 237 g/mol. The fourth-order valence-electron chi connectivity index (χ4n) is 1.92. The van der Waals surface area contributed by atoms with Crippen LogP contribution in [-0.2, 0) is 4.79 Å². The van der Waals surface area contributed by atoms with E-state index in [4.69, 9.17) is 7.85 Å². The molecule has 0 saturated carbocycles. The first-order valence-electron chi connectivity index (χ1n) is 7.11. The molecule has 1 unspecified atom stereocenters. The minimum atomic E-state index is -0.531. The number of rotatable bonds is 10. The smallest absolute Gasteiger partial charge is 0.219 e. The highest BCUT2D eigenvalue weighted by Gasteiger charge is 2.17. The van der Waals surface area contributed by atoms with E-state index in [9.17, 15) is 4.79 Å². The molecule has 0 rings (SSSR count). The van der Waals surface area contributed by atoms with Crippen LogP contribution >= 0.6 is 0 Å². The molecule has 17 heavy (non-hydrogen) atoms. The summed E-state index contributed by atoms with van der Waals surface area (Å²) in [6, 6.07) is 0. The maximum absolute atomic E-state index is 11.2. The second-order valence-corrected chi connectivity index (χ2v) is 5.19. The first-order valence-corrected chi connectivity index (χ1v) is 7.11. The molecular formula is C14H28BNO. The van der Waals surface area contributed by atoms with Gasteiger partial charge in [0.05, 0.1) is 0 Å². The van der Waals surface area contributed by atoms with E-state index in [1.54, 1.807) is 0 Å². The molecule has 3 heteroatoms. The lowest BCUT2D eigenvalue weighted by Gasteiger charge is -2.26. The summed E-state index contributed by atoms with van der Waals surface area (Å²) in [6.07, 6.45) is 10.3. The number of unbranched alkanes of at least 4 members (excludes halogenated alkanes) is 6. The molecule has 2 radical (unpaired) electrons. The summed E-state index contributed by atoms with van der Waals surface area (Å²) in [4.78, 5) is 11.2. The van der Waals surface area contributed by atoms with E-state index in [1.807, 2.05) is 13.8 Å². The molecule has 0 spiro atoms. The Morgan fingerprint density at radius 2 is 1.59 bits per heavy atom. The van der Waals surface area contributed by atoms with Crippen LogP contribution in [0, 0.1) is 0 Å². The van der Waals surface area contributed by atoms with Gasteiger partial charge in [-0.05, 0) is 11.9 Å². The predicted octanol–water partition coefficient (Wildman–Crippen LogP) is 3.54. The maximum Gasteiger partial charge on any atom is 0.219 e. The first-order chi connectivity index (χ1) is 8.02. The number of amides is 1. The lowest BCUT2D eigenvalue weighted by molar-refractivity contribution is -0.121. The summed E-state index contributed by atoms with van der Waals surface area (Å²) in [5.74, 6) is 0.0398. The van der Waals surface area contributed by atoms with Crippen molar-refractivity contribution in [2.75, 3.05) is 0 Å². The van der Waals surface area contributed by atoms with Gasteiger partial charge >= 0.3 is 0 Å². The van der Waals surface area contributed by atoms with Gasteiger partial charge in [-0.25, -0.2) is 0 Å². The Morgan fingerprint density at radius 3 is 2.12 bits per heavy atom. The number of nitrogens with one attached hydrogen (secondary N) is 1. The van der Waals surface area contributed by atoms with Gasteiger partial charge in [0.25, 0.3) is 0 Å². The topological polar surface area (TPSA) is 29.1 Å². The molecule has 0 aromatic carbocycles. The van der Waals surface area contributed by atoms with Crippen LogP contribution in [0.1, 0.15) is 78.6 Å². The van der Waals surface area contributed by atoms with Crippen molar-refractivity contribution in [2.24, 2.45) is 0 Å². The second kappa shape index (κ2) is 9.55. The molecule has 0 aliphatic carbocycles. The summed E-state index contributed by atoms with van der Waals surface area (Å²) in [5, 5.41) is 2.86. The number of carbonyl (C=O) groups excluding carboxylic acids is 1. The molecule has 2 nitrogen and oxygen atoms in total. The standard InChI is InChI=1S/C14H28BNO/c1-4-6-7-8-9-10-11-12-14(3,15)16-13(17)5-2/h4-12H2,1-3H3,(H,16,17). The molecule has 0 bridgehead atoms. The second-order valence-electron chi connectivity index (χ2n) is 5.19. The van der Waals surface area contributed by atoms with Gasteiger partial charge < -0.3 is 5.32 Å². The Balaban J connectivity index is 3.48. The van der Waals surface area contributed by atoms with E-state index in [0.717, 1.165) is 12.8 Å². The lowest BCUT2D eigenvalue weighted by Crippen LogP contribution is -2.46.